The number of benzene rings is 1. The van der Waals surface area contributed by atoms with Crippen molar-refractivity contribution in [3.05, 3.63) is 23.8 Å². The highest BCUT2D eigenvalue weighted by Gasteiger charge is 2.34. The van der Waals surface area contributed by atoms with Gasteiger partial charge in [-0.1, -0.05) is 5.21 Å². The Hall–Kier alpha value is -1.95. The molecule has 3 heterocycles. The second-order valence-corrected chi connectivity index (χ2v) is 6.20. The van der Waals surface area contributed by atoms with E-state index >= 15 is 0 Å². The van der Waals surface area contributed by atoms with Crippen LogP contribution in [-0.4, -0.2) is 39.0 Å². The van der Waals surface area contributed by atoms with Crippen molar-refractivity contribution in [1.82, 2.24) is 25.6 Å². The van der Waals surface area contributed by atoms with Gasteiger partial charge in [0, 0.05) is 30.7 Å². The molecule has 2 aliphatic heterocycles. The van der Waals surface area contributed by atoms with E-state index in [0.717, 1.165) is 23.9 Å². The normalized spacial score (nSPS) is 28.0. The zero-order chi connectivity index (χ0) is 14.4. The molecule has 0 aliphatic carbocycles. The predicted molar refractivity (Wildman–Crippen MR) is 78.9 cm³/mol. The molecule has 2 aromatic rings. The average Bonchev–Trinajstić information content (AvgIpc) is 3.02. The molecule has 2 bridgehead atoms. The highest BCUT2D eigenvalue weighted by Crippen LogP contribution is 2.27. The smallest absolute Gasteiger partial charge is 0.251 e. The number of hydrogen-bond acceptors (Lipinski definition) is 4. The summed E-state index contributed by atoms with van der Waals surface area (Å²) in [5.41, 5.74) is 2.36. The van der Waals surface area contributed by atoms with Crippen LogP contribution in [-0.2, 0) is 7.05 Å². The molecular weight excluding hydrogens is 266 g/mol. The second-order valence-electron chi connectivity index (χ2n) is 6.20. The summed E-state index contributed by atoms with van der Waals surface area (Å²) < 4.78 is 1.71. The van der Waals surface area contributed by atoms with E-state index in [0.29, 0.717) is 17.6 Å². The van der Waals surface area contributed by atoms with Gasteiger partial charge in [-0.2, -0.15) is 0 Å². The van der Waals surface area contributed by atoms with E-state index in [1.807, 2.05) is 25.2 Å². The molecule has 110 valence electrons. The average molecular weight is 285 g/mol. The van der Waals surface area contributed by atoms with Gasteiger partial charge in [-0.15, -0.1) is 5.10 Å². The largest absolute Gasteiger partial charge is 0.349 e. The van der Waals surface area contributed by atoms with Gasteiger partial charge < -0.3 is 10.6 Å². The summed E-state index contributed by atoms with van der Waals surface area (Å²) >= 11 is 0. The van der Waals surface area contributed by atoms with Gasteiger partial charge in [0.15, 0.2) is 0 Å². The van der Waals surface area contributed by atoms with E-state index in [9.17, 15) is 4.79 Å². The van der Waals surface area contributed by atoms with Gasteiger partial charge in [0.1, 0.15) is 5.52 Å². The van der Waals surface area contributed by atoms with Crippen LogP contribution in [0, 0.1) is 0 Å². The van der Waals surface area contributed by atoms with Gasteiger partial charge in [-0.3, -0.25) is 4.79 Å². The lowest BCUT2D eigenvalue weighted by Gasteiger charge is -2.29. The standard InChI is InChI=1S/C15H19N5O/c1-20-14-5-2-9(6-13(14)18-19-20)15(21)17-12-7-10-3-4-11(8-12)16-10/h2,5-6,10-12,16H,3-4,7-8H2,1H3,(H,17,21). The lowest BCUT2D eigenvalue weighted by atomic mass is 9.99. The maximum absolute atomic E-state index is 12.4. The molecule has 2 saturated heterocycles. The summed E-state index contributed by atoms with van der Waals surface area (Å²) in [6.45, 7) is 0. The first-order valence-corrected chi connectivity index (χ1v) is 7.55. The molecule has 6 heteroatoms. The zero-order valence-corrected chi connectivity index (χ0v) is 12.0. The van der Waals surface area contributed by atoms with Crippen LogP contribution in [0.15, 0.2) is 18.2 Å². The topological polar surface area (TPSA) is 71.8 Å². The number of aryl methyl sites for hydroxylation is 1. The number of carbonyl (C=O) groups is 1. The Bertz CT molecular complexity index is 682. The summed E-state index contributed by atoms with van der Waals surface area (Å²) in [5.74, 6) is -0.00569. The third-order valence-electron chi connectivity index (χ3n) is 4.68. The Morgan fingerprint density at radius 1 is 1.33 bits per heavy atom. The van der Waals surface area contributed by atoms with E-state index < -0.39 is 0 Å². The van der Waals surface area contributed by atoms with Gasteiger partial charge in [0.05, 0.1) is 5.52 Å². The molecule has 0 saturated carbocycles. The van der Waals surface area contributed by atoms with Gasteiger partial charge >= 0.3 is 0 Å². The molecule has 2 atom stereocenters. The fourth-order valence-corrected chi connectivity index (χ4v) is 3.63. The van der Waals surface area contributed by atoms with Crippen LogP contribution in [0.4, 0.5) is 0 Å². The molecule has 2 unspecified atom stereocenters. The van der Waals surface area contributed by atoms with E-state index in [-0.39, 0.29) is 11.9 Å². The summed E-state index contributed by atoms with van der Waals surface area (Å²) in [7, 11) is 1.85. The first kappa shape index (κ1) is 12.8. The maximum Gasteiger partial charge on any atom is 0.251 e. The highest BCUT2D eigenvalue weighted by molar-refractivity contribution is 5.97. The number of nitrogens with one attached hydrogen (secondary N) is 2. The summed E-state index contributed by atoms with van der Waals surface area (Å²) in [6, 6.07) is 7.00. The number of carbonyl (C=O) groups excluding carboxylic acids is 1. The number of fused-ring (bicyclic) bond motifs is 3. The predicted octanol–water partition coefficient (Wildman–Crippen LogP) is 0.981. The Morgan fingerprint density at radius 2 is 2.10 bits per heavy atom. The minimum atomic E-state index is -0.00569. The second kappa shape index (κ2) is 4.80. The third kappa shape index (κ3) is 2.29. The van der Waals surface area contributed by atoms with Crippen molar-refractivity contribution in [2.45, 2.75) is 43.8 Å². The number of hydrogen-bond donors (Lipinski definition) is 2. The fraction of sp³-hybridized carbons (Fsp3) is 0.533. The monoisotopic (exact) mass is 285 g/mol. The SMILES string of the molecule is Cn1nnc2cc(C(=O)NC3CC4CCC(C3)N4)ccc21. The number of rotatable bonds is 2. The molecule has 1 amide bonds. The van der Waals surface area contributed by atoms with Crippen molar-refractivity contribution < 1.29 is 4.79 Å². The lowest BCUT2D eigenvalue weighted by molar-refractivity contribution is 0.0924. The fourth-order valence-electron chi connectivity index (χ4n) is 3.63. The van der Waals surface area contributed by atoms with Gasteiger partial charge in [0.25, 0.3) is 5.91 Å². The van der Waals surface area contributed by atoms with Gasteiger partial charge in [0.2, 0.25) is 0 Å². The first-order chi connectivity index (χ1) is 10.2. The minimum Gasteiger partial charge on any atom is -0.349 e. The van der Waals surface area contributed by atoms with Crippen LogP contribution in [0.1, 0.15) is 36.0 Å². The van der Waals surface area contributed by atoms with E-state index in [1.54, 1.807) is 4.68 Å². The van der Waals surface area contributed by atoms with Crippen molar-refractivity contribution in [3.8, 4) is 0 Å². The van der Waals surface area contributed by atoms with Gasteiger partial charge in [-0.05, 0) is 43.9 Å². The summed E-state index contributed by atoms with van der Waals surface area (Å²) in [4.78, 5) is 12.4. The quantitative estimate of drug-likeness (QED) is 0.863. The number of nitrogens with zero attached hydrogens (tertiary/aromatic N) is 3. The van der Waals surface area contributed by atoms with Crippen LogP contribution in [0.3, 0.4) is 0 Å². The molecule has 4 rings (SSSR count). The van der Waals surface area contributed by atoms with Crippen LogP contribution in [0.5, 0.6) is 0 Å². The minimum absolute atomic E-state index is 0.00569. The summed E-state index contributed by atoms with van der Waals surface area (Å²) in [6.07, 6.45) is 4.55. The molecule has 2 N–H and O–H groups in total. The highest BCUT2D eigenvalue weighted by atomic mass is 16.1. The van der Waals surface area contributed by atoms with Crippen LogP contribution in [0.2, 0.25) is 0 Å². The molecule has 6 nitrogen and oxygen atoms in total. The van der Waals surface area contributed by atoms with Crippen molar-refractivity contribution in [3.63, 3.8) is 0 Å². The van der Waals surface area contributed by atoms with E-state index in [4.69, 9.17) is 0 Å². The van der Waals surface area contributed by atoms with E-state index in [1.165, 1.54) is 12.8 Å². The first-order valence-electron chi connectivity index (χ1n) is 7.55. The molecule has 0 spiro atoms. The van der Waals surface area contributed by atoms with Crippen molar-refractivity contribution in [2.24, 2.45) is 7.05 Å². The Labute approximate surface area is 122 Å². The van der Waals surface area contributed by atoms with Crippen LogP contribution < -0.4 is 10.6 Å². The van der Waals surface area contributed by atoms with Crippen LogP contribution >= 0.6 is 0 Å². The van der Waals surface area contributed by atoms with Gasteiger partial charge in [-0.25, -0.2) is 4.68 Å². The molecule has 2 fully saturated rings. The number of aromatic nitrogens is 3. The number of amides is 1. The molecular formula is C15H19N5O. The third-order valence-corrected chi connectivity index (χ3v) is 4.68. The van der Waals surface area contributed by atoms with Crippen molar-refractivity contribution in [2.75, 3.05) is 0 Å². The Kier molecular flexibility index (Phi) is 2.92. The molecule has 2 aliphatic rings. The molecule has 1 aromatic carbocycles. The van der Waals surface area contributed by atoms with Crippen molar-refractivity contribution >= 4 is 16.9 Å². The Morgan fingerprint density at radius 3 is 2.86 bits per heavy atom. The lowest BCUT2D eigenvalue weighted by Crippen LogP contribution is -2.48. The van der Waals surface area contributed by atoms with E-state index in [2.05, 4.69) is 20.9 Å². The zero-order valence-electron chi connectivity index (χ0n) is 12.0. The molecule has 21 heavy (non-hydrogen) atoms. The molecule has 0 radical (unpaired) electrons. The molecule has 1 aromatic heterocycles. The maximum atomic E-state index is 12.4. The summed E-state index contributed by atoms with van der Waals surface area (Å²) in [5, 5.41) is 14.8. The van der Waals surface area contributed by atoms with Crippen molar-refractivity contribution in [1.29, 1.82) is 0 Å². The van der Waals surface area contributed by atoms with Crippen LogP contribution in [0.25, 0.3) is 11.0 Å². The Balaban J connectivity index is 1.50. The number of piperidine rings is 1.